The van der Waals surface area contributed by atoms with Crippen molar-refractivity contribution in [3.63, 3.8) is 0 Å². The molecule has 0 radical (unpaired) electrons. The maximum Gasteiger partial charge on any atom is 0.165 e. The number of halogens is 1. The molecule has 96 valence electrons. The smallest absolute Gasteiger partial charge is 0.165 e. The number of fused-ring (bicyclic) bond motifs is 1. The molecular formula is C14H13ClN4. The summed E-state index contributed by atoms with van der Waals surface area (Å²) in [6.07, 6.45) is 2.64. The first kappa shape index (κ1) is 12.1. The molecule has 0 atom stereocenters. The molecule has 2 N–H and O–H groups in total. The third kappa shape index (κ3) is 2.32. The molecule has 0 bridgehead atoms. The van der Waals surface area contributed by atoms with E-state index in [9.17, 15) is 0 Å². The van der Waals surface area contributed by atoms with E-state index >= 15 is 0 Å². The lowest BCUT2D eigenvalue weighted by Crippen LogP contribution is -2.01. The van der Waals surface area contributed by atoms with Crippen molar-refractivity contribution in [2.75, 3.05) is 0 Å². The summed E-state index contributed by atoms with van der Waals surface area (Å²) in [6.45, 7) is 0.458. The first-order chi connectivity index (χ1) is 9.28. The predicted octanol–water partition coefficient (Wildman–Crippen LogP) is 2.43. The number of aromatic nitrogens is 3. The van der Waals surface area contributed by atoms with Crippen LogP contribution in [0.2, 0.25) is 5.02 Å². The first-order valence-corrected chi connectivity index (χ1v) is 6.42. The molecular weight excluding hydrogens is 260 g/mol. The van der Waals surface area contributed by atoms with Gasteiger partial charge >= 0.3 is 0 Å². The van der Waals surface area contributed by atoms with Gasteiger partial charge in [0, 0.05) is 29.7 Å². The van der Waals surface area contributed by atoms with Crippen LogP contribution in [0.15, 0.2) is 42.6 Å². The van der Waals surface area contributed by atoms with Crippen LogP contribution in [0.4, 0.5) is 0 Å². The van der Waals surface area contributed by atoms with Gasteiger partial charge in [-0.15, -0.1) is 10.2 Å². The van der Waals surface area contributed by atoms with E-state index in [2.05, 4.69) is 10.2 Å². The van der Waals surface area contributed by atoms with Crippen LogP contribution in [0.1, 0.15) is 17.0 Å². The largest absolute Gasteiger partial charge is 0.326 e. The van der Waals surface area contributed by atoms with Gasteiger partial charge in [-0.3, -0.25) is 4.40 Å². The Morgan fingerprint density at radius 2 is 2.05 bits per heavy atom. The van der Waals surface area contributed by atoms with Crippen LogP contribution < -0.4 is 5.73 Å². The summed E-state index contributed by atoms with van der Waals surface area (Å²) in [5, 5.41) is 9.18. The van der Waals surface area contributed by atoms with Gasteiger partial charge < -0.3 is 5.73 Å². The molecule has 0 saturated carbocycles. The number of hydrogen-bond donors (Lipinski definition) is 1. The normalized spacial score (nSPS) is 11.1. The molecule has 0 aliphatic carbocycles. The summed E-state index contributed by atoms with van der Waals surface area (Å²) in [5.41, 5.74) is 8.62. The SMILES string of the molecule is NCc1cccn2c(Cc3cccc(Cl)c3)nnc12. The second kappa shape index (κ2) is 4.99. The Bertz CT molecular complexity index is 720. The average molecular weight is 273 g/mol. The predicted molar refractivity (Wildman–Crippen MR) is 75.1 cm³/mol. The topological polar surface area (TPSA) is 56.2 Å². The standard InChI is InChI=1S/C14H13ClN4/c15-12-5-1-3-10(7-12)8-13-17-18-14-11(9-16)4-2-6-19(13)14/h1-7H,8-9,16H2. The highest BCUT2D eigenvalue weighted by molar-refractivity contribution is 6.30. The molecule has 0 amide bonds. The van der Waals surface area contributed by atoms with Crippen molar-refractivity contribution in [1.29, 1.82) is 0 Å². The Hall–Kier alpha value is -1.91. The molecule has 0 aliphatic rings. The minimum Gasteiger partial charge on any atom is -0.326 e. The Kier molecular flexibility index (Phi) is 3.19. The van der Waals surface area contributed by atoms with Crippen LogP contribution in [-0.2, 0) is 13.0 Å². The summed E-state index contributed by atoms with van der Waals surface area (Å²) in [6, 6.07) is 11.7. The summed E-state index contributed by atoms with van der Waals surface area (Å²) >= 11 is 5.99. The van der Waals surface area contributed by atoms with Gasteiger partial charge in [-0.2, -0.15) is 0 Å². The summed E-state index contributed by atoms with van der Waals surface area (Å²) in [7, 11) is 0. The molecule has 0 fully saturated rings. The zero-order valence-electron chi connectivity index (χ0n) is 10.3. The summed E-state index contributed by atoms with van der Waals surface area (Å²) < 4.78 is 1.98. The van der Waals surface area contributed by atoms with Crippen LogP contribution in [0.25, 0.3) is 5.65 Å². The average Bonchev–Trinajstić information content (AvgIpc) is 2.82. The highest BCUT2D eigenvalue weighted by atomic mass is 35.5. The molecule has 0 spiro atoms. The molecule has 0 unspecified atom stereocenters. The first-order valence-electron chi connectivity index (χ1n) is 6.04. The second-order valence-electron chi connectivity index (χ2n) is 4.35. The molecule has 2 heterocycles. The van der Waals surface area contributed by atoms with Crippen molar-refractivity contribution in [2.24, 2.45) is 5.73 Å². The van der Waals surface area contributed by atoms with Crippen LogP contribution in [0, 0.1) is 0 Å². The van der Waals surface area contributed by atoms with Gasteiger partial charge in [0.05, 0.1) is 0 Å². The molecule has 5 heteroatoms. The monoisotopic (exact) mass is 272 g/mol. The zero-order chi connectivity index (χ0) is 13.2. The fourth-order valence-corrected chi connectivity index (χ4v) is 2.34. The highest BCUT2D eigenvalue weighted by Gasteiger charge is 2.09. The van der Waals surface area contributed by atoms with Crippen LogP contribution in [0.3, 0.4) is 0 Å². The molecule has 1 aromatic carbocycles. The second-order valence-corrected chi connectivity index (χ2v) is 4.79. The van der Waals surface area contributed by atoms with Crippen molar-refractivity contribution in [3.05, 3.63) is 64.6 Å². The van der Waals surface area contributed by atoms with Crippen molar-refractivity contribution in [2.45, 2.75) is 13.0 Å². The molecule has 3 rings (SSSR count). The molecule has 0 saturated heterocycles. The van der Waals surface area contributed by atoms with E-state index in [1.54, 1.807) is 0 Å². The number of rotatable bonds is 3. The third-order valence-electron chi connectivity index (χ3n) is 3.06. The number of nitrogens with zero attached hydrogens (tertiary/aromatic N) is 3. The minimum absolute atomic E-state index is 0.458. The molecule has 3 aromatic rings. The van der Waals surface area contributed by atoms with E-state index in [1.807, 2.05) is 47.0 Å². The van der Waals surface area contributed by atoms with Crippen molar-refractivity contribution >= 4 is 17.2 Å². The van der Waals surface area contributed by atoms with E-state index in [0.717, 1.165) is 27.6 Å². The Morgan fingerprint density at radius 3 is 2.84 bits per heavy atom. The van der Waals surface area contributed by atoms with E-state index in [4.69, 9.17) is 17.3 Å². The maximum absolute atomic E-state index is 5.99. The van der Waals surface area contributed by atoms with Gasteiger partial charge in [-0.05, 0) is 23.8 Å². The van der Waals surface area contributed by atoms with Gasteiger partial charge in [-0.25, -0.2) is 0 Å². The number of hydrogen-bond acceptors (Lipinski definition) is 3. The van der Waals surface area contributed by atoms with E-state index in [-0.39, 0.29) is 0 Å². The Balaban J connectivity index is 2.02. The lowest BCUT2D eigenvalue weighted by Gasteiger charge is -2.03. The van der Waals surface area contributed by atoms with Crippen LogP contribution in [0.5, 0.6) is 0 Å². The quantitative estimate of drug-likeness (QED) is 0.797. The number of nitrogens with two attached hydrogens (primary N) is 1. The lowest BCUT2D eigenvalue weighted by atomic mass is 10.1. The molecule has 19 heavy (non-hydrogen) atoms. The van der Waals surface area contributed by atoms with E-state index in [0.29, 0.717) is 13.0 Å². The van der Waals surface area contributed by atoms with Gasteiger partial charge in [-0.1, -0.05) is 29.8 Å². The lowest BCUT2D eigenvalue weighted by molar-refractivity contribution is 0.933. The number of pyridine rings is 1. The third-order valence-corrected chi connectivity index (χ3v) is 3.29. The van der Waals surface area contributed by atoms with Gasteiger partial charge in [0.2, 0.25) is 0 Å². The summed E-state index contributed by atoms with van der Waals surface area (Å²) in [5.74, 6) is 0.882. The van der Waals surface area contributed by atoms with Gasteiger partial charge in [0.25, 0.3) is 0 Å². The van der Waals surface area contributed by atoms with Crippen molar-refractivity contribution in [1.82, 2.24) is 14.6 Å². The van der Waals surface area contributed by atoms with Crippen molar-refractivity contribution in [3.8, 4) is 0 Å². The maximum atomic E-state index is 5.99. The highest BCUT2D eigenvalue weighted by Crippen LogP contribution is 2.16. The fraction of sp³-hybridized carbons (Fsp3) is 0.143. The van der Waals surface area contributed by atoms with E-state index < -0.39 is 0 Å². The Labute approximate surface area is 115 Å². The summed E-state index contributed by atoms with van der Waals surface area (Å²) in [4.78, 5) is 0. The Morgan fingerprint density at radius 1 is 1.16 bits per heavy atom. The van der Waals surface area contributed by atoms with Gasteiger partial charge in [0.15, 0.2) is 5.65 Å². The molecule has 2 aromatic heterocycles. The van der Waals surface area contributed by atoms with Gasteiger partial charge in [0.1, 0.15) is 5.82 Å². The fourth-order valence-electron chi connectivity index (χ4n) is 2.13. The minimum atomic E-state index is 0.458. The van der Waals surface area contributed by atoms with Crippen LogP contribution >= 0.6 is 11.6 Å². The number of benzene rings is 1. The molecule has 4 nitrogen and oxygen atoms in total. The molecule has 0 aliphatic heterocycles. The van der Waals surface area contributed by atoms with Crippen LogP contribution in [-0.4, -0.2) is 14.6 Å². The zero-order valence-corrected chi connectivity index (χ0v) is 11.0. The van der Waals surface area contributed by atoms with Crippen molar-refractivity contribution < 1.29 is 0 Å². The van der Waals surface area contributed by atoms with E-state index in [1.165, 1.54) is 0 Å².